The summed E-state index contributed by atoms with van der Waals surface area (Å²) in [4.78, 5) is 146. The Morgan fingerprint density at radius 1 is 0.306 bits per heavy atom. The van der Waals surface area contributed by atoms with E-state index in [0.717, 1.165) is 21.5 Å². The lowest BCUT2D eigenvalue weighted by Crippen LogP contribution is -2.43. The first-order chi connectivity index (χ1) is 45.5. The quantitative estimate of drug-likeness (QED) is 0.0171. The zero-order valence-electron chi connectivity index (χ0n) is 61.0. The van der Waals surface area contributed by atoms with Crippen LogP contribution >= 0.6 is 0 Å². The first kappa shape index (κ1) is 76.7. The first-order valence-electron chi connectivity index (χ1n) is 34.3. The van der Waals surface area contributed by atoms with E-state index in [1.54, 1.807) is 168 Å². The molecule has 536 valence electrons. The molecule has 7 rings (SSSR count). The SMILES string of the molecule is CC(C)(C)OC(=O)NCCCN(CCCCN(CCCN1C(=O)c2ccc3c4ccc5c6c(ccc(c7ccc(c2c37)C1=O)c64)C(=O)N(CCCN(CCCCN(CCCNC(=O)OC(C)(C)C)C(=O)OC(C)(C)C)C(=O)OC(C)(C)C)C5=O)C(=O)OC(C)(C)C)C(=O)OC(C)(C)C. The smallest absolute Gasteiger partial charge is 0.410 e. The third-order valence-corrected chi connectivity index (χ3v) is 15.8. The van der Waals surface area contributed by atoms with Gasteiger partial charge >= 0.3 is 36.6 Å². The van der Waals surface area contributed by atoms with Gasteiger partial charge in [0.25, 0.3) is 23.6 Å². The Labute approximate surface area is 576 Å². The third kappa shape index (κ3) is 20.7. The van der Waals surface area contributed by atoms with Gasteiger partial charge in [0.2, 0.25) is 0 Å². The fraction of sp³-hybridized carbons (Fsp3) is 0.595. The van der Waals surface area contributed by atoms with E-state index in [-0.39, 0.29) is 65.2 Å². The average Bonchev–Trinajstić information content (AvgIpc) is 0.693. The van der Waals surface area contributed by atoms with Crippen LogP contribution in [0.25, 0.3) is 43.1 Å². The van der Waals surface area contributed by atoms with Gasteiger partial charge in [0.1, 0.15) is 33.6 Å². The van der Waals surface area contributed by atoms with E-state index >= 15 is 0 Å². The number of hydrogen-bond acceptors (Lipinski definition) is 16. The molecule has 2 heterocycles. The second-order valence-electron chi connectivity index (χ2n) is 31.2. The summed E-state index contributed by atoms with van der Waals surface area (Å²) >= 11 is 0. The summed E-state index contributed by atoms with van der Waals surface area (Å²) in [6, 6.07) is 14.2. The van der Waals surface area contributed by atoms with Crippen molar-refractivity contribution in [3.8, 4) is 0 Å². The predicted octanol–water partition coefficient (Wildman–Crippen LogP) is 14.0. The molecule has 10 amide bonds. The van der Waals surface area contributed by atoms with Crippen molar-refractivity contribution in [3.63, 3.8) is 0 Å². The summed E-state index contributed by atoms with van der Waals surface area (Å²) in [6.45, 7) is 34.6. The lowest BCUT2D eigenvalue weighted by molar-refractivity contribution is 0.0204. The fourth-order valence-electron chi connectivity index (χ4n) is 11.9. The van der Waals surface area contributed by atoms with Gasteiger partial charge in [-0.15, -0.1) is 0 Å². The van der Waals surface area contributed by atoms with Crippen LogP contribution in [-0.4, -0.2) is 202 Å². The van der Waals surface area contributed by atoms with Crippen molar-refractivity contribution in [2.24, 2.45) is 0 Å². The predicted molar refractivity (Wildman–Crippen MR) is 375 cm³/mol. The molecule has 0 atom stereocenters. The van der Waals surface area contributed by atoms with E-state index in [1.165, 1.54) is 9.80 Å². The molecule has 0 saturated heterocycles. The molecule has 0 fully saturated rings. The molecule has 0 aromatic heterocycles. The number of fused-ring (bicyclic) bond motifs is 2. The Hall–Kier alpha value is -8.70. The molecule has 0 aliphatic carbocycles. The van der Waals surface area contributed by atoms with Gasteiger partial charge < -0.3 is 58.7 Å². The second kappa shape index (κ2) is 31.0. The maximum atomic E-state index is 14.6. The van der Waals surface area contributed by atoms with Crippen LogP contribution in [0.3, 0.4) is 0 Å². The molecule has 5 aromatic rings. The number of rotatable bonds is 26. The highest BCUT2D eigenvalue weighted by Gasteiger charge is 2.38. The Morgan fingerprint density at radius 2 is 0.520 bits per heavy atom. The van der Waals surface area contributed by atoms with Gasteiger partial charge in [-0.25, -0.2) is 28.8 Å². The lowest BCUT2D eigenvalue weighted by Gasteiger charge is -2.31. The van der Waals surface area contributed by atoms with E-state index < -0.39 is 93.8 Å². The molecule has 0 bridgehead atoms. The van der Waals surface area contributed by atoms with Crippen LogP contribution in [0.4, 0.5) is 28.8 Å². The number of amides is 10. The molecule has 2 aliphatic heterocycles. The van der Waals surface area contributed by atoms with Crippen molar-refractivity contribution in [3.05, 3.63) is 70.8 Å². The van der Waals surface area contributed by atoms with Gasteiger partial charge in [-0.1, -0.05) is 24.3 Å². The number of carbonyl (C=O) groups is 10. The molecule has 24 nitrogen and oxygen atoms in total. The van der Waals surface area contributed by atoms with Crippen molar-refractivity contribution in [1.82, 2.24) is 40.0 Å². The summed E-state index contributed by atoms with van der Waals surface area (Å²) in [5.41, 5.74) is -3.08. The molecule has 5 aromatic carbocycles. The summed E-state index contributed by atoms with van der Waals surface area (Å²) in [5, 5.41) is 10.8. The molecule has 0 unspecified atom stereocenters. The zero-order chi connectivity index (χ0) is 72.6. The topological polar surface area (TPSA) is 270 Å². The molecule has 2 aliphatic rings. The molecular formula is C74H104N8O16. The molecule has 24 heteroatoms. The van der Waals surface area contributed by atoms with Crippen molar-refractivity contribution in [2.75, 3.05) is 78.5 Å². The number of hydrogen-bond donors (Lipinski definition) is 2. The average molecular weight is 1360 g/mol. The van der Waals surface area contributed by atoms with Crippen LogP contribution in [0.1, 0.15) is 217 Å². The Bertz CT molecular complexity index is 3420. The molecular weight excluding hydrogens is 1260 g/mol. The second-order valence-corrected chi connectivity index (χ2v) is 31.2. The van der Waals surface area contributed by atoms with Gasteiger partial charge in [0.05, 0.1) is 0 Å². The van der Waals surface area contributed by atoms with Crippen LogP contribution in [0.2, 0.25) is 0 Å². The molecule has 0 spiro atoms. The lowest BCUT2D eigenvalue weighted by atomic mass is 9.82. The summed E-state index contributed by atoms with van der Waals surface area (Å²) in [6.07, 6.45) is 0.0732. The highest BCUT2D eigenvalue weighted by molar-refractivity contribution is 6.41. The van der Waals surface area contributed by atoms with Crippen LogP contribution < -0.4 is 10.6 Å². The number of alkyl carbamates (subject to hydrolysis) is 2. The highest BCUT2D eigenvalue weighted by atomic mass is 16.6. The van der Waals surface area contributed by atoms with Gasteiger partial charge in [-0.05, 0) is 233 Å². The van der Waals surface area contributed by atoms with Crippen LogP contribution in [0, 0.1) is 0 Å². The minimum absolute atomic E-state index is 0.00113. The number of imide groups is 2. The molecule has 2 N–H and O–H groups in total. The van der Waals surface area contributed by atoms with Crippen LogP contribution in [-0.2, 0) is 28.4 Å². The Morgan fingerprint density at radius 3 is 0.745 bits per heavy atom. The van der Waals surface area contributed by atoms with E-state index in [0.29, 0.717) is 109 Å². The molecule has 0 radical (unpaired) electrons. The van der Waals surface area contributed by atoms with E-state index in [1.807, 2.05) is 24.3 Å². The number of benzene rings is 5. The van der Waals surface area contributed by atoms with Gasteiger partial charge in [-0.2, -0.15) is 0 Å². The number of carbonyl (C=O) groups excluding carboxylic acids is 10. The van der Waals surface area contributed by atoms with Crippen molar-refractivity contribution in [2.45, 2.75) is 210 Å². The summed E-state index contributed by atoms with van der Waals surface area (Å²) < 4.78 is 33.7. The number of nitrogens with one attached hydrogen (secondary N) is 2. The third-order valence-electron chi connectivity index (χ3n) is 15.8. The van der Waals surface area contributed by atoms with Crippen molar-refractivity contribution < 1.29 is 76.4 Å². The zero-order valence-corrected chi connectivity index (χ0v) is 61.0. The summed E-state index contributed by atoms with van der Waals surface area (Å²) in [5.74, 6) is -1.94. The minimum atomic E-state index is -0.812. The number of nitrogens with zero attached hydrogens (tertiary/aromatic N) is 6. The number of ether oxygens (including phenoxy) is 6. The maximum absolute atomic E-state index is 14.6. The largest absolute Gasteiger partial charge is 0.444 e. The van der Waals surface area contributed by atoms with E-state index in [4.69, 9.17) is 28.4 Å². The minimum Gasteiger partial charge on any atom is -0.444 e. The normalized spacial score (nSPS) is 13.7. The Balaban J connectivity index is 1.02. The molecule has 98 heavy (non-hydrogen) atoms. The van der Waals surface area contributed by atoms with Gasteiger partial charge in [0.15, 0.2) is 0 Å². The fourth-order valence-corrected chi connectivity index (χ4v) is 11.9. The Kier molecular flexibility index (Phi) is 24.3. The monoisotopic (exact) mass is 1360 g/mol. The number of unbranched alkanes of at least 4 members (excludes halogenated alkanes) is 2. The van der Waals surface area contributed by atoms with E-state index in [9.17, 15) is 47.9 Å². The van der Waals surface area contributed by atoms with Crippen molar-refractivity contribution in [1.29, 1.82) is 0 Å². The van der Waals surface area contributed by atoms with Crippen LogP contribution in [0.5, 0.6) is 0 Å². The van der Waals surface area contributed by atoms with Gasteiger partial charge in [0, 0.05) is 112 Å². The highest BCUT2D eigenvalue weighted by Crippen LogP contribution is 2.46. The maximum Gasteiger partial charge on any atom is 0.410 e. The summed E-state index contributed by atoms with van der Waals surface area (Å²) in [7, 11) is 0. The standard InChI is InChI=1S/C74H104N8O16/c1-69(2,3)93-63(87)75-35-23-41-77(65(89)95-71(7,8)9)37-19-21-39-79(67(91)97-73(13,14)15)43-25-45-81-59(83)51-31-27-47-49-29-33-53-58-54(34-30-50(56(49)58)48-28-32-52(60(81)84)57(51)55(47)48)62(86)82(61(53)85)46-26-44-80(68(92)98-74(16,17)18)40-22-20-38-78(66(90)96-72(10,11)12)42-24-36-76-64(88)94-70(4,5)6/h27-34H,19-26,35-46H2,1-18H3,(H,75,87)(H,76,88). The molecule has 0 saturated carbocycles. The van der Waals surface area contributed by atoms with E-state index in [2.05, 4.69) is 10.6 Å². The van der Waals surface area contributed by atoms with Gasteiger partial charge in [-0.3, -0.25) is 29.0 Å². The van der Waals surface area contributed by atoms with Crippen LogP contribution in [0.15, 0.2) is 48.5 Å². The van der Waals surface area contributed by atoms with Crippen molar-refractivity contribution >= 4 is 103 Å². The first-order valence-corrected chi connectivity index (χ1v) is 34.3.